The number of aromatic hydroxyl groups is 1. The van der Waals surface area contributed by atoms with Crippen LogP contribution in [0.4, 0.5) is 17.6 Å². The van der Waals surface area contributed by atoms with E-state index in [9.17, 15) is 27.8 Å². The minimum atomic E-state index is -5.07. The maximum atomic E-state index is 13.9. The summed E-state index contributed by atoms with van der Waals surface area (Å²) in [5, 5.41) is 21.0. The van der Waals surface area contributed by atoms with Gasteiger partial charge in [0.2, 0.25) is 5.60 Å². The van der Waals surface area contributed by atoms with Gasteiger partial charge in [-0.15, -0.1) is 0 Å². The van der Waals surface area contributed by atoms with Crippen LogP contribution < -0.4 is 0 Å². The molecule has 0 saturated heterocycles. The van der Waals surface area contributed by atoms with Crippen LogP contribution in [0.5, 0.6) is 5.75 Å². The lowest BCUT2D eigenvalue weighted by molar-refractivity contribution is -0.279. The summed E-state index contributed by atoms with van der Waals surface area (Å²) >= 11 is 0. The van der Waals surface area contributed by atoms with Crippen LogP contribution in [0.25, 0.3) is 11.0 Å². The first-order valence-corrected chi connectivity index (χ1v) is 8.06. The Hall–Kier alpha value is -2.61. The lowest BCUT2D eigenvalue weighted by atomic mass is 9.73. The Balaban J connectivity index is 2.11. The second-order valence-electron chi connectivity index (χ2n) is 7.10. The van der Waals surface area contributed by atoms with Crippen molar-refractivity contribution >= 4 is 11.0 Å². The average molecular weight is 383 g/mol. The van der Waals surface area contributed by atoms with Gasteiger partial charge in [-0.1, -0.05) is 13.8 Å². The van der Waals surface area contributed by atoms with Crippen molar-refractivity contribution < 1.29 is 32.2 Å². The van der Waals surface area contributed by atoms with Gasteiger partial charge in [-0.05, 0) is 35.7 Å². The number of aliphatic hydroxyl groups is 1. The van der Waals surface area contributed by atoms with Crippen LogP contribution in [0.15, 0.2) is 47.1 Å². The summed E-state index contributed by atoms with van der Waals surface area (Å²) in [6, 6.07) is 5.48. The lowest BCUT2D eigenvalue weighted by Crippen LogP contribution is -2.46. The zero-order valence-corrected chi connectivity index (χ0v) is 14.5. The van der Waals surface area contributed by atoms with E-state index in [-0.39, 0.29) is 16.9 Å². The van der Waals surface area contributed by atoms with Crippen LogP contribution >= 0.6 is 0 Å². The predicted molar refractivity (Wildman–Crippen MR) is 89.7 cm³/mol. The molecule has 2 N–H and O–H groups in total. The molecule has 0 aliphatic heterocycles. The van der Waals surface area contributed by atoms with Crippen molar-refractivity contribution in [2.45, 2.75) is 37.5 Å². The summed E-state index contributed by atoms with van der Waals surface area (Å²) in [5.41, 5.74) is -4.70. The summed E-state index contributed by atoms with van der Waals surface area (Å²) in [5.74, 6) is -1.76. The van der Waals surface area contributed by atoms with Crippen LogP contribution in [-0.4, -0.2) is 21.4 Å². The fourth-order valence-corrected chi connectivity index (χ4v) is 3.20. The number of furan rings is 1. The molecule has 0 fully saturated rings. The predicted octanol–water partition coefficient (Wildman–Crippen LogP) is 4.79. The van der Waals surface area contributed by atoms with Crippen LogP contribution in [0.3, 0.4) is 0 Å². The van der Waals surface area contributed by atoms with E-state index in [0.29, 0.717) is 5.39 Å². The van der Waals surface area contributed by atoms with E-state index >= 15 is 0 Å². The zero-order chi connectivity index (χ0) is 20.0. The Labute approximate surface area is 152 Å². The molecule has 3 aromatic rings. The molecule has 8 heteroatoms. The molecular weight excluding hydrogens is 366 g/mol. The molecule has 144 valence electrons. The second-order valence-corrected chi connectivity index (χ2v) is 7.10. The third kappa shape index (κ3) is 3.37. The number of hydrogen-bond acceptors (Lipinski definition) is 4. The molecule has 4 nitrogen and oxygen atoms in total. The van der Waals surface area contributed by atoms with Crippen molar-refractivity contribution in [3.8, 4) is 5.75 Å². The molecule has 0 amide bonds. The molecule has 1 unspecified atom stereocenters. The van der Waals surface area contributed by atoms with Gasteiger partial charge in [-0.3, -0.25) is 4.98 Å². The highest BCUT2D eigenvalue weighted by Crippen LogP contribution is 2.49. The molecule has 1 aromatic carbocycles. The van der Waals surface area contributed by atoms with Crippen LogP contribution in [-0.2, 0) is 11.0 Å². The monoisotopic (exact) mass is 383 g/mol. The maximum Gasteiger partial charge on any atom is 0.424 e. The molecule has 2 heterocycles. The third-order valence-corrected chi connectivity index (χ3v) is 4.58. The number of fused-ring (bicyclic) bond motifs is 1. The molecule has 0 bridgehead atoms. The highest BCUT2D eigenvalue weighted by molar-refractivity contribution is 5.76. The van der Waals surface area contributed by atoms with E-state index in [1.54, 1.807) is 0 Å². The largest absolute Gasteiger partial charge is 0.508 e. The van der Waals surface area contributed by atoms with Crippen LogP contribution in [0.2, 0.25) is 0 Å². The Bertz CT molecular complexity index is 947. The van der Waals surface area contributed by atoms with E-state index in [1.165, 1.54) is 32.3 Å². The van der Waals surface area contributed by atoms with Crippen molar-refractivity contribution in [2.75, 3.05) is 0 Å². The summed E-state index contributed by atoms with van der Waals surface area (Å²) in [4.78, 5) is 3.82. The number of benzene rings is 1. The number of phenols is 1. The van der Waals surface area contributed by atoms with Gasteiger partial charge in [-0.2, -0.15) is 13.2 Å². The molecule has 0 aliphatic carbocycles. The van der Waals surface area contributed by atoms with Gasteiger partial charge in [0.25, 0.3) is 0 Å². The number of pyridine rings is 1. The van der Waals surface area contributed by atoms with E-state index < -0.39 is 35.2 Å². The van der Waals surface area contributed by atoms with Gasteiger partial charge < -0.3 is 14.6 Å². The fourth-order valence-electron chi connectivity index (χ4n) is 3.20. The molecule has 0 spiro atoms. The van der Waals surface area contributed by atoms with E-state index in [2.05, 4.69) is 4.98 Å². The standard InChI is InChI=1S/C19H17F4NO3/c1-17(2,13-8-12(20)3-4-14(13)25)10-18(26,19(21,22)23)16-7-11-9-24-6-5-15(11)27-16/h3-9,25-26H,10H2,1-2H3. The highest BCUT2D eigenvalue weighted by atomic mass is 19.4. The number of phenolic OH excluding ortho intramolecular Hbond substituents is 1. The molecular formula is C19H17F4NO3. The molecule has 1 atom stereocenters. The van der Waals surface area contributed by atoms with Crippen molar-refractivity contribution in [3.63, 3.8) is 0 Å². The number of alkyl halides is 3. The van der Waals surface area contributed by atoms with Crippen LogP contribution in [0.1, 0.15) is 31.6 Å². The summed E-state index contributed by atoms with van der Waals surface area (Å²) in [6.45, 7) is 2.75. The van der Waals surface area contributed by atoms with Gasteiger partial charge in [0.05, 0.1) is 0 Å². The Kier molecular flexibility index (Phi) is 4.42. The average Bonchev–Trinajstić information content (AvgIpc) is 3.00. The van der Waals surface area contributed by atoms with Crippen molar-refractivity contribution in [1.29, 1.82) is 0 Å². The first-order valence-electron chi connectivity index (χ1n) is 8.06. The second kappa shape index (κ2) is 6.23. The molecule has 0 radical (unpaired) electrons. The van der Waals surface area contributed by atoms with E-state index in [0.717, 1.165) is 24.3 Å². The first-order chi connectivity index (χ1) is 12.4. The number of aromatic nitrogens is 1. The first kappa shape index (κ1) is 19.2. The van der Waals surface area contributed by atoms with Gasteiger partial charge in [0.15, 0.2) is 0 Å². The number of rotatable bonds is 4. The highest BCUT2D eigenvalue weighted by Gasteiger charge is 2.59. The molecule has 3 rings (SSSR count). The maximum absolute atomic E-state index is 13.9. The number of halogens is 4. The minimum Gasteiger partial charge on any atom is -0.508 e. The summed E-state index contributed by atoms with van der Waals surface area (Å²) in [6.07, 6.45) is -3.29. The molecule has 0 saturated carbocycles. The van der Waals surface area contributed by atoms with Gasteiger partial charge >= 0.3 is 6.18 Å². The third-order valence-electron chi connectivity index (χ3n) is 4.58. The smallest absolute Gasteiger partial charge is 0.424 e. The Morgan fingerprint density at radius 1 is 1.11 bits per heavy atom. The van der Waals surface area contributed by atoms with E-state index in [4.69, 9.17) is 4.42 Å². The summed E-state index contributed by atoms with van der Waals surface area (Å²) in [7, 11) is 0. The Morgan fingerprint density at radius 3 is 2.44 bits per heavy atom. The van der Waals surface area contributed by atoms with Crippen molar-refractivity contribution in [1.82, 2.24) is 4.98 Å². The minimum absolute atomic E-state index is 0.0528. The summed E-state index contributed by atoms with van der Waals surface area (Å²) < 4.78 is 60.5. The van der Waals surface area contributed by atoms with Crippen molar-refractivity contribution in [3.05, 3.63) is 59.9 Å². The van der Waals surface area contributed by atoms with Crippen LogP contribution in [0, 0.1) is 5.82 Å². The van der Waals surface area contributed by atoms with Gasteiger partial charge in [-0.25, -0.2) is 4.39 Å². The number of nitrogens with zero attached hydrogens (tertiary/aromatic N) is 1. The van der Waals surface area contributed by atoms with Gasteiger partial charge in [0.1, 0.15) is 22.9 Å². The quantitative estimate of drug-likeness (QED) is 0.636. The van der Waals surface area contributed by atoms with E-state index in [1.807, 2.05) is 0 Å². The normalized spacial score (nSPS) is 15.1. The zero-order valence-electron chi connectivity index (χ0n) is 14.5. The number of hydrogen-bond donors (Lipinski definition) is 2. The molecule has 0 aliphatic rings. The lowest BCUT2D eigenvalue weighted by Gasteiger charge is -2.36. The fraction of sp³-hybridized carbons (Fsp3) is 0.316. The molecule has 2 aromatic heterocycles. The van der Waals surface area contributed by atoms with Gasteiger partial charge in [0, 0.05) is 29.8 Å². The van der Waals surface area contributed by atoms with Crippen molar-refractivity contribution in [2.24, 2.45) is 0 Å². The molecule has 27 heavy (non-hydrogen) atoms. The Morgan fingerprint density at radius 2 is 1.81 bits per heavy atom. The SMILES string of the molecule is CC(C)(CC(O)(c1cc2cnccc2o1)C(F)(F)F)c1cc(F)ccc1O. The topological polar surface area (TPSA) is 66.5 Å².